The van der Waals surface area contributed by atoms with Gasteiger partial charge >= 0.3 is 0 Å². The van der Waals surface area contributed by atoms with Gasteiger partial charge in [0.1, 0.15) is 5.69 Å². The Labute approximate surface area is 109 Å². The SMILES string of the molecule is CC1(O)CCCN(c2nc3sccn3c2C=O)C1. The van der Waals surface area contributed by atoms with Crippen molar-refractivity contribution < 1.29 is 9.90 Å². The van der Waals surface area contributed by atoms with E-state index < -0.39 is 5.60 Å². The molecule has 2 aromatic heterocycles. The molecule has 0 saturated carbocycles. The van der Waals surface area contributed by atoms with Crippen LogP contribution in [0.3, 0.4) is 0 Å². The van der Waals surface area contributed by atoms with E-state index in [1.54, 1.807) is 4.40 Å². The molecule has 0 amide bonds. The van der Waals surface area contributed by atoms with E-state index in [0.717, 1.165) is 30.6 Å². The fourth-order valence-corrected chi connectivity index (χ4v) is 3.25. The van der Waals surface area contributed by atoms with E-state index in [1.807, 2.05) is 23.4 Å². The average Bonchev–Trinajstić information content (AvgIpc) is 2.86. The fourth-order valence-electron chi connectivity index (χ4n) is 2.53. The number of hydrogen-bond acceptors (Lipinski definition) is 5. The minimum absolute atomic E-state index is 0.526. The van der Waals surface area contributed by atoms with Crippen LogP contribution in [0.5, 0.6) is 0 Å². The Morgan fingerprint density at radius 3 is 3.17 bits per heavy atom. The molecule has 1 saturated heterocycles. The van der Waals surface area contributed by atoms with Crippen LogP contribution < -0.4 is 4.90 Å². The highest BCUT2D eigenvalue weighted by molar-refractivity contribution is 7.15. The van der Waals surface area contributed by atoms with E-state index in [9.17, 15) is 9.90 Å². The summed E-state index contributed by atoms with van der Waals surface area (Å²) < 4.78 is 1.80. The first kappa shape index (κ1) is 11.7. The Kier molecular flexibility index (Phi) is 2.64. The van der Waals surface area contributed by atoms with Gasteiger partial charge in [-0.25, -0.2) is 4.98 Å². The molecule has 2 aromatic rings. The van der Waals surface area contributed by atoms with Gasteiger partial charge in [-0.15, -0.1) is 11.3 Å². The molecule has 1 unspecified atom stereocenters. The molecule has 18 heavy (non-hydrogen) atoms. The minimum Gasteiger partial charge on any atom is -0.388 e. The maximum atomic E-state index is 11.3. The van der Waals surface area contributed by atoms with Crippen LogP contribution in [0.15, 0.2) is 11.6 Å². The molecular weight excluding hydrogens is 250 g/mol. The van der Waals surface area contributed by atoms with Gasteiger partial charge in [0.25, 0.3) is 0 Å². The molecule has 1 atom stereocenters. The molecule has 3 heterocycles. The first-order valence-corrected chi connectivity index (χ1v) is 6.87. The molecule has 1 N–H and O–H groups in total. The highest BCUT2D eigenvalue weighted by atomic mass is 32.1. The van der Waals surface area contributed by atoms with Gasteiger partial charge < -0.3 is 10.0 Å². The van der Waals surface area contributed by atoms with Crippen molar-refractivity contribution >= 4 is 28.4 Å². The summed E-state index contributed by atoms with van der Waals surface area (Å²) in [6, 6.07) is 0. The van der Waals surface area contributed by atoms with Crippen LogP contribution >= 0.6 is 11.3 Å². The average molecular weight is 265 g/mol. The predicted octanol–water partition coefficient (Wildman–Crippen LogP) is 1.56. The number of rotatable bonds is 2. The van der Waals surface area contributed by atoms with Gasteiger partial charge in [-0.2, -0.15) is 0 Å². The molecule has 1 fully saturated rings. The van der Waals surface area contributed by atoms with Gasteiger partial charge in [-0.05, 0) is 19.8 Å². The predicted molar refractivity (Wildman–Crippen MR) is 70.5 cm³/mol. The summed E-state index contributed by atoms with van der Waals surface area (Å²) in [5.74, 6) is 0.692. The third kappa shape index (κ3) is 1.81. The molecule has 3 rings (SSSR count). The Morgan fingerprint density at radius 1 is 1.61 bits per heavy atom. The quantitative estimate of drug-likeness (QED) is 0.837. The summed E-state index contributed by atoms with van der Waals surface area (Å²) >= 11 is 1.51. The molecular formula is C12H15N3O2S. The second-order valence-electron chi connectivity index (χ2n) is 5.02. The van der Waals surface area contributed by atoms with Crippen molar-refractivity contribution in [3.8, 4) is 0 Å². The second-order valence-corrected chi connectivity index (χ2v) is 5.89. The molecule has 0 bridgehead atoms. The molecule has 96 valence electrons. The van der Waals surface area contributed by atoms with Gasteiger partial charge in [0.15, 0.2) is 17.1 Å². The second kappa shape index (κ2) is 4.07. The lowest BCUT2D eigenvalue weighted by atomic mass is 9.95. The lowest BCUT2D eigenvalue weighted by molar-refractivity contribution is 0.0446. The summed E-state index contributed by atoms with van der Waals surface area (Å²) in [7, 11) is 0. The van der Waals surface area contributed by atoms with Crippen molar-refractivity contribution in [3.05, 3.63) is 17.3 Å². The molecule has 0 radical (unpaired) electrons. The third-order valence-corrected chi connectivity index (χ3v) is 4.12. The summed E-state index contributed by atoms with van der Waals surface area (Å²) in [5.41, 5.74) is -0.126. The van der Waals surface area contributed by atoms with Gasteiger partial charge in [0, 0.05) is 24.7 Å². The monoisotopic (exact) mass is 265 g/mol. The van der Waals surface area contributed by atoms with Crippen LogP contribution in [0, 0.1) is 0 Å². The fraction of sp³-hybridized carbons (Fsp3) is 0.500. The molecule has 0 aromatic carbocycles. The molecule has 0 aliphatic carbocycles. The summed E-state index contributed by atoms with van der Waals surface area (Å²) in [4.78, 5) is 18.6. The van der Waals surface area contributed by atoms with Crippen molar-refractivity contribution in [1.82, 2.24) is 9.38 Å². The first-order chi connectivity index (χ1) is 8.61. The zero-order valence-electron chi connectivity index (χ0n) is 10.2. The van der Waals surface area contributed by atoms with Crippen LogP contribution in [0.1, 0.15) is 30.3 Å². The molecule has 6 heteroatoms. The number of thiazole rings is 1. The van der Waals surface area contributed by atoms with Crippen molar-refractivity contribution in [3.63, 3.8) is 0 Å². The summed E-state index contributed by atoms with van der Waals surface area (Å²) in [6.45, 7) is 3.19. The number of hydrogen-bond donors (Lipinski definition) is 1. The van der Waals surface area contributed by atoms with Crippen molar-refractivity contribution in [2.45, 2.75) is 25.4 Å². The molecule has 5 nitrogen and oxygen atoms in total. The summed E-state index contributed by atoms with van der Waals surface area (Å²) in [6.07, 6.45) is 4.40. The van der Waals surface area contributed by atoms with Crippen molar-refractivity contribution in [2.75, 3.05) is 18.0 Å². The Hall–Kier alpha value is -1.40. The number of aromatic nitrogens is 2. The number of carbonyl (C=O) groups is 1. The van der Waals surface area contributed by atoms with Crippen molar-refractivity contribution in [2.24, 2.45) is 0 Å². The highest BCUT2D eigenvalue weighted by Crippen LogP contribution is 2.28. The highest BCUT2D eigenvalue weighted by Gasteiger charge is 2.31. The maximum Gasteiger partial charge on any atom is 0.196 e. The number of anilines is 1. The normalized spacial score (nSPS) is 24.7. The molecule has 1 aliphatic rings. The van der Waals surface area contributed by atoms with Gasteiger partial charge in [-0.3, -0.25) is 9.20 Å². The smallest absolute Gasteiger partial charge is 0.196 e. The van der Waals surface area contributed by atoms with Crippen LogP contribution in [0.4, 0.5) is 5.82 Å². The van der Waals surface area contributed by atoms with Crippen LogP contribution in [0.25, 0.3) is 4.96 Å². The number of β-amino-alcohol motifs (C(OH)–C–C–N with tert-alkyl or cyclic N) is 1. The van der Waals surface area contributed by atoms with E-state index in [4.69, 9.17) is 0 Å². The number of aliphatic hydroxyl groups is 1. The van der Waals surface area contributed by atoms with Crippen LogP contribution in [-0.4, -0.2) is 39.5 Å². The number of imidazole rings is 1. The van der Waals surface area contributed by atoms with E-state index in [0.29, 0.717) is 18.1 Å². The van der Waals surface area contributed by atoms with E-state index >= 15 is 0 Å². The minimum atomic E-state index is -0.699. The molecule has 1 aliphatic heterocycles. The van der Waals surface area contributed by atoms with E-state index in [-0.39, 0.29) is 0 Å². The van der Waals surface area contributed by atoms with E-state index in [1.165, 1.54) is 11.3 Å². The summed E-state index contributed by atoms with van der Waals surface area (Å²) in [5, 5.41) is 12.0. The molecule has 0 spiro atoms. The number of carbonyl (C=O) groups excluding carboxylic acids is 1. The lowest BCUT2D eigenvalue weighted by Crippen LogP contribution is -2.46. The zero-order chi connectivity index (χ0) is 12.8. The Morgan fingerprint density at radius 2 is 2.44 bits per heavy atom. The number of fused-ring (bicyclic) bond motifs is 1. The van der Waals surface area contributed by atoms with Gasteiger partial charge in [-0.1, -0.05) is 0 Å². The van der Waals surface area contributed by atoms with E-state index in [2.05, 4.69) is 4.98 Å². The van der Waals surface area contributed by atoms with Crippen LogP contribution in [0.2, 0.25) is 0 Å². The van der Waals surface area contributed by atoms with Crippen LogP contribution in [-0.2, 0) is 0 Å². The largest absolute Gasteiger partial charge is 0.388 e. The Bertz CT molecular complexity index is 587. The lowest BCUT2D eigenvalue weighted by Gasteiger charge is -2.37. The van der Waals surface area contributed by atoms with Crippen molar-refractivity contribution in [1.29, 1.82) is 0 Å². The topological polar surface area (TPSA) is 57.8 Å². The maximum absolute atomic E-state index is 11.3. The number of aldehydes is 1. The number of nitrogens with zero attached hydrogens (tertiary/aromatic N) is 3. The van der Waals surface area contributed by atoms with Gasteiger partial charge in [0.05, 0.1) is 5.60 Å². The third-order valence-electron chi connectivity index (χ3n) is 3.37. The Balaban J connectivity index is 2.03. The standard InChI is InChI=1S/C12H15N3O2S/c1-12(17)3-2-4-14(8-12)10-9(7-16)15-5-6-18-11(15)13-10/h5-7,17H,2-4,8H2,1H3. The van der Waals surface area contributed by atoms with Gasteiger partial charge in [0.2, 0.25) is 0 Å². The first-order valence-electron chi connectivity index (χ1n) is 5.99. The zero-order valence-corrected chi connectivity index (χ0v) is 11.0. The number of piperidine rings is 1.